The van der Waals surface area contributed by atoms with Gasteiger partial charge in [0.25, 0.3) is 11.5 Å². The van der Waals surface area contributed by atoms with Gasteiger partial charge in [-0.1, -0.05) is 0 Å². The van der Waals surface area contributed by atoms with Crippen LogP contribution in [-0.4, -0.2) is 56.3 Å². The van der Waals surface area contributed by atoms with E-state index in [-0.39, 0.29) is 17.2 Å². The molecule has 0 radical (unpaired) electrons. The van der Waals surface area contributed by atoms with Crippen LogP contribution in [0.15, 0.2) is 23.0 Å². The molecule has 1 aliphatic heterocycles. The number of hydrogen-bond donors (Lipinski definition) is 5. The van der Waals surface area contributed by atoms with Crippen LogP contribution in [-0.2, 0) is 6.54 Å². The van der Waals surface area contributed by atoms with Crippen LogP contribution in [0.4, 0.5) is 4.79 Å². The minimum absolute atomic E-state index is 0.137. The summed E-state index contributed by atoms with van der Waals surface area (Å²) in [4.78, 5) is 43.0. The van der Waals surface area contributed by atoms with E-state index in [0.29, 0.717) is 49.2 Å². The Balaban J connectivity index is 1.71. The van der Waals surface area contributed by atoms with Crippen LogP contribution in [0.25, 0.3) is 10.9 Å². The number of nitrogens with zero attached hydrogens (tertiary/aromatic N) is 2. The molecule has 0 bridgehead atoms. The maximum Gasteiger partial charge on any atom is 0.407 e. The number of carboxylic acid groups (broad SMARTS) is 1. The fourth-order valence-corrected chi connectivity index (χ4v) is 2.99. The molecule has 0 saturated carbocycles. The third-order valence-corrected chi connectivity index (χ3v) is 4.44. The first-order valence-corrected chi connectivity index (χ1v) is 8.16. The predicted molar refractivity (Wildman–Crippen MR) is 91.1 cm³/mol. The first kappa shape index (κ1) is 17.8. The standard InChI is InChI=1S/C16H19N5O5/c22-14(20-26)9-1-2-11-12(7-9)18-13(19-15(11)23)8-17-10-3-5-21(6-4-10)16(24)25/h1-2,7,10,17,26H,3-6,8H2,(H,20,22)(H,24,25)(H,18,19,23). The SMILES string of the molecule is O=C(NO)c1ccc2c(=O)[nH]c(CNC3CCN(C(=O)O)CC3)nc2c1. The molecule has 2 amide bonds. The van der Waals surface area contributed by atoms with E-state index >= 15 is 0 Å². The summed E-state index contributed by atoms with van der Waals surface area (Å²) >= 11 is 0. The van der Waals surface area contributed by atoms with Crippen molar-refractivity contribution in [2.75, 3.05) is 13.1 Å². The zero-order valence-electron chi connectivity index (χ0n) is 13.9. The fraction of sp³-hybridized carbons (Fsp3) is 0.375. The Kier molecular flexibility index (Phi) is 5.14. The number of piperidine rings is 1. The number of hydroxylamine groups is 1. The molecule has 3 rings (SSSR count). The number of aromatic amines is 1. The van der Waals surface area contributed by atoms with Gasteiger partial charge in [-0.05, 0) is 31.0 Å². The van der Waals surface area contributed by atoms with Gasteiger partial charge in [0.05, 0.1) is 17.4 Å². The van der Waals surface area contributed by atoms with E-state index < -0.39 is 12.0 Å². The van der Waals surface area contributed by atoms with Gasteiger partial charge in [0, 0.05) is 24.7 Å². The molecule has 138 valence electrons. The van der Waals surface area contributed by atoms with Crippen LogP contribution >= 0.6 is 0 Å². The highest BCUT2D eigenvalue weighted by molar-refractivity contribution is 5.96. The van der Waals surface area contributed by atoms with Gasteiger partial charge in [-0.15, -0.1) is 0 Å². The maximum absolute atomic E-state index is 12.2. The summed E-state index contributed by atoms with van der Waals surface area (Å²) in [7, 11) is 0. The van der Waals surface area contributed by atoms with Crippen molar-refractivity contribution in [3.8, 4) is 0 Å². The second kappa shape index (κ2) is 7.50. The van der Waals surface area contributed by atoms with Crippen LogP contribution in [0.1, 0.15) is 29.0 Å². The number of fused-ring (bicyclic) bond motifs is 1. The summed E-state index contributed by atoms with van der Waals surface area (Å²) in [5, 5.41) is 21.3. The van der Waals surface area contributed by atoms with Gasteiger partial charge < -0.3 is 20.3 Å². The van der Waals surface area contributed by atoms with E-state index in [0.717, 1.165) is 0 Å². The number of rotatable bonds is 4. The highest BCUT2D eigenvalue weighted by Crippen LogP contribution is 2.12. The third kappa shape index (κ3) is 3.81. The molecule has 1 aromatic heterocycles. The number of benzene rings is 1. The lowest BCUT2D eigenvalue weighted by molar-refractivity contribution is 0.0706. The van der Waals surface area contributed by atoms with Crippen molar-refractivity contribution in [2.24, 2.45) is 0 Å². The van der Waals surface area contributed by atoms with Crippen molar-refractivity contribution in [1.29, 1.82) is 0 Å². The number of carbonyl (C=O) groups excluding carboxylic acids is 1. The van der Waals surface area contributed by atoms with Gasteiger partial charge in [-0.25, -0.2) is 15.3 Å². The average molecular weight is 361 g/mol. The number of carbonyl (C=O) groups is 2. The Hall–Kier alpha value is -2.98. The van der Waals surface area contributed by atoms with Crippen LogP contribution in [0.2, 0.25) is 0 Å². The Morgan fingerprint density at radius 3 is 2.69 bits per heavy atom. The zero-order chi connectivity index (χ0) is 18.7. The Morgan fingerprint density at radius 2 is 2.04 bits per heavy atom. The smallest absolute Gasteiger partial charge is 0.407 e. The normalized spacial score (nSPS) is 15.2. The molecular weight excluding hydrogens is 342 g/mol. The molecule has 10 nitrogen and oxygen atoms in total. The van der Waals surface area contributed by atoms with Gasteiger partial charge in [-0.2, -0.15) is 0 Å². The summed E-state index contributed by atoms with van der Waals surface area (Å²) in [5.41, 5.74) is 1.77. The second-order valence-corrected chi connectivity index (χ2v) is 6.11. The number of hydrogen-bond acceptors (Lipinski definition) is 6. The lowest BCUT2D eigenvalue weighted by atomic mass is 10.1. The number of amides is 2. The molecule has 5 N–H and O–H groups in total. The van der Waals surface area contributed by atoms with Gasteiger partial charge in [0.1, 0.15) is 5.82 Å². The van der Waals surface area contributed by atoms with E-state index in [1.54, 1.807) is 5.48 Å². The molecule has 0 atom stereocenters. The summed E-state index contributed by atoms with van der Waals surface area (Å²) in [5.74, 6) is -0.261. The van der Waals surface area contributed by atoms with Crippen molar-refractivity contribution in [3.05, 3.63) is 39.9 Å². The second-order valence-electron chi connectivity index (χ2n) is 6.11. The van der Waals surface area contributed by atoms with Crippen molar-refractivity contribution < 1.29 is 19.9 Å². The maximum atomic E-state index is 12.2. The van der Waals surface area contributed by atoms with E-state index in [1.165, 1.54) is 23.1 Å². The number of aromatic nitrogens is 2. The molecule has 2 heterocycles. The van der Waals surface area contributed by atoms with Crippen LogP contribution in [0, 0.1) is 0 Å². The van der Waals surface area contributed by atoms with Crippen molar-refractivity contribution >= 4 is 22.9 Å². The van der Waals surface area contributed by atoms with E-state index in [2.05, 4.69) is 15.3 Å². The minimum atomic E-state index is -0.910. The van der Waals surface area contributed by atoms with E-state index in [1.807, 2.05) is 0 Å². The van der Waals surface area contributed by atoms with Gasteiger partial charge in [0.2, 0.25) is 0 Å². The van der Waals surface area contributed by atoms with Crippen molar-refractivity contribution in [1.82, 2.24) is 25.7 Å². The molecule has 1 saturated heterocycles. The van der Waals surface area contributed by atoms with Gasteiger partial charge >= 0.3 is 6.09 Å². The third-order valence-electron chi connectivity index (χ3n) is 4.44. The van der Waals surface area contributed by atoms with Gasteiger partial charge in [-0.3, -0.25) is 14.8 Å². The summed E-state index contributed by atoms with van der Waals surface area (Å²) in [6.07, 6.45) is 0.460. The van der Waals surface area contributed by atoms with Crippen LogP contribution in [0.5, 0.6) is 0 Å². The van der Waals surface area contributed by atoms with Crippen LogP contribution in [0.3, 0.4) is 0 Å². The Bertz CT molecular complexity index is 888. The Morgan fingerprint density at radius 1 is 1.31 bits per heavy atom. The molecule has 1 fully saturated rings. The number of H-pyrrole nitrogens is 1. The molecule has 1 aliphatic rings. The highest BCUT2D eigenvalue weighted by atomic mass is 16.5. The molecule has 0 aliphatic carbocycles. The topological polar surface area (TPSA) is 148 Å². The van der Waals surface area contributed by atoms with Crippen molar-refractivity contribution in [2.45, 2.75) is 25.4 Å². The summed E-state index contributed by atoms with van der Waals surface area (Å²) < 4.78 is 0. The number of likely N-dealkylation sites (tertiary alicyclic amines) is 1. The van der Waals surface area contributed by atoms with Crippen LogP contribution < -0.4 is 16.4 Å². The van der Waals surface area contributed by atoms with Crippen molar-refractivity contribution in [3.63, 3.8) is 0 Å². The highest BCUT2D eigenvalue weighted by Gasteiger charge is 2.22. The molecular formula is C16H19N5O5. The van der Waals surface area contributed by atoms with E-state index in [4.69, 9.17) is 10.3 Å². The lowest BCUT2D eigenvalue weighted by Crippen LogP contribution is -2.44. The molecule has 10 heteroatoms. The molecule has 0 unspecified atom stereocenters. The van der Waals surface area contributed by atoms with E-state index in [9.17, 15) is 14.4 Å². The fourth-order valence-electron chi connectivity index (χ4n) is 2.99. The lowest BCUT2D eigenvalue weighted by Gasteiger charge is -2.30. The first-order chi connectivity index (χ1) is 12.5. The zero-order valence-corrected chi connectivity index (χ0v) is 13.9. The average Bonchev–Trinajstić information content (AvgIpc) is 2.65. The Labute approximate surface area is 147 Å². The minimum Gasteiger partial charge on any atom is -0.465 e. The molecule has 0 spiro atoms. The largest absolute Gasteiger partial charge is 0.465 e. The molecule has 26 heavy (non-hydrogen) atoms. The molecule has 2 aromatic rings. The monoisotopic (exact) mass is 361 g/mol. The number of nitrogens with one attached hydrogen (secondary N) is 3. The quantitative estimate of drug-likeness (QED) is 0.388. The predicted octanol–water partition coefficient (Wildman–Crippen LogP) is 0.274. The molecule has 1 aromatic carbocycles. The summed E-state index contributed by atoms with van der Waals surface area (Å²) in [6.45, 7) is 1.25. The first-order valence-electron chi connectivity index (χ1n) is 8.16. The summed E-state index contributed by atoms with van der Waals surface area (Å²) in [6, 6.07) is 4.48. The van der Waals surface area contributed by atoms with Gasteiger partial charge in [0.15, 0.2) is 0 Å².